The fraction of sp³-hybridized carbons (Fsp3) is 0.0625. The Bertz CT molecular complexity index is 907. The molecule has 0 aliphatic heterocycles. The van der Waals surface area contributed by atoms with Gasteiger partial charge in [0, 0.05) is 16.6 Å². The molecule has 1 heterocycles. The normalized spacial score (nSPS) is 10.4. The molecule has 3 aromatic rings. The van der Waals surface area contributed by atoms with Gasteiger partial charge in [0.15, 0.2) is 0 Å². The van der Waals surface area contributed by atoms with Crippen LogP contribution in [0.1, 0.15) is 16.1 Å². The first-order valence-corrected chi connectivity index (χ1v) is 7.91. The standard InChI is InChI=1S/C16H11BrN4O4/c17-12-3-1-11(2-4-12)16(22)25-10-13-9-20(19-18-13)14-5-7-15(8-6-14)21(23)24/h1-9H,10H2. The summed E-state index contributed by atoms with van der Waals surface area (Å²) in [5.74, 6) is -0.461. The van der Waals surface area contributed by atoms with Crippen LogP contribution in [0.25, 0.3) is 5.69 Å². The Kier molecular flexibility index (Phi) is 4.85. The second-order valence-corrected chi connectivity index (χ2v) is 5.93. The summed E-state index contributed by atoms with van der Waals surface area (Å²) >= 11 is 3.30. The molecule has 2 aromatic carbocycles. The molecular formula is C16H11BrN4O4. The van der Waals surface area contributed by atoms with Crippen LogP contribution in [0, 0.1) is 10.1 Å². The number of hydrogen-bond donors (Lipinski definition) is 0. The van der Waals surface area contributed by atoms with E-state index in [-0.39, 0.29) is 12.3 Å². The van der Waals surface area contributed by atoms with E-state index < -0.39 is 10.9 Å². The van der Waals surface area contributed by atoms with Crippen molar-refractivity contribution in [3.8, 4) is 5.69 Å². The van der Waals surface area contributed by atoms with Gasteiger partial charge < -0.3 is 4.74 Å². The molecule has 1 aromatic heterocycles. The molecule has 0 atom stereocenters. The Morgan fingerprint density at radius 2 is 1.84 bits per heavy atom. The van der Waals surface area contributed by atoms with Crippen LogP contribution in [-0.4, -0.2) is 25.9 Å². The van der Waals surface area contributed by atoms with Gasteiger partial charge in [-0.15, -0.1) is 5.10 Å². The zero-order valence-electron chi connectivity index (χ0n) is 12.7. The number of hydrogen-bond acceptors (Lipinski definition) is 6. The Morgan fingerprint density at radius 3 is 2.48 bits per heavy atom. The van der Waals surface area contributed by atoms with Gasteiger partial charge >= 0.3 is 5.97 Å². The molecule has 0 fully saturated rings. The smallest absolute Gasteiger partial charge is 0.338 e. The molecule has 0 saturated heterocycles. The van der Waals surface area contributed by atoms with Crippen LogP contribution >= 0.6 is 15.9 Å². The molecule has 0 amide bonds. The summed E-state index contributed by atoms with van der Waals surface area (Å²) in [4.78, 5) is 22.1. The van der Waals surface area contributed by atoms with Crippen molar-refractivity contribution in [2.45, 2.75) is 6.61 Å². The lowest BCUT2D eigenvalue weighted by atomic mass is 10.2. The molecule has 0 aliphatic rings. The minimum absolute atomic E-state index is 0.00693. The van der Waals surface area contributed by atoms with Crippen molar-refractivity contribution in [3.05, 3.63) is 80.6 Å². The minimum Gasteiger partial charge on any atom is -0.455 e. The zero-order valence-corrected chi connectivity index (χ0v) is 14.3. The minimum atomic E-state index is -0.474. The van der Waals surface area contributed by atoms with Gasteiger partial charge in [-0.1, -0.05) is 21.1 Å². The summed E-state index contributed by atoms with van der Waals surface area (Å²) in [7, 11) is 0. The van der Waals surface area contributed by atoms with Crippen LogP contribution in [0.2, 0.25) is 0 Å². The van der Waals surface area contributed by atoms with Gasteiger partial charge in [-0.25, -0.2) is 9.48 Å². The van der Waals surface area contributed by atoms with E-state index in [4.69, 9.17) is 4.74 Å². The van der Waals surface area contributed by atoms with Crippen LogP contribution in [0.5, 0.6) is 0 Å². The average Bonchev–Trinajstić information content (AvgIpc) is 3.09. The van der Waals surface area contributed by atoms with E-state index >= 15 is 0 Å². The van der Waals surface area contributed by atoms with Gasteiger partial charge in [-0.05, 0) is 36.4 Å². The van der Waals surface area contributed by atoms with Gasteiger partial charge in [-0.3, -0.25) is 10.1 Å². The highest BCUT2D eigenvalue weighted by molar-refractivity contribution is 9.10. The van der Waals surface area contributed by atoms with E-state index in [0.717, 1.165) is 4.47 Å². The number of nitro groups is 1. The predicted octanol–water partition coefficient (Wildman–Crippen LogP) is 3.30. The molecule has 9 heteroatoms. The summed E-state index contributed by atoms with van der Waals surface area (Å²) < 4.78 is 7.52. The van der Waals surface area contributed by atoms with Crippen LogP contribution in [0.4, 0.5) is 5.69 Å². The van der Waals surface area contributed by atoms with E-state index in [0.29, 0.717) is 16.9 Å². The van der Waals surface area contributed by atoms with E-state index in [1.54, 1.807) is 42.6 Å². The molecule has 0 N–H and O–H groups in total. The molecule has 0 unspecified atom stereocenters. The van der Waals surface area contributed by atoms with Crippen molar-refractivity contribution in [3.63, 3.8) is 0 Å². The van der Waals surface area contributed by atoms with Crippen LogP contribution in [0.15, 0.2) is 59.2 Å². The second kappa shape index (κ2) is 7.22. The molecule has 0 saturated carbocycles. The molecule has 3 rings (SSSR count). The molecule has 0 bridgehead atoms. The monoisotopic (exact) mass is 402 g/mol. The fourth-order valence-electron chi connectivity index (χ4n) is 2.03. The Balaban J connectivity index is 1.64. The molecule has 0 spiro atoms. The lowest BCUT2D eigenvalue weighted by Gasteiger charge is -2.02. The van der Waals surface area contributed by atoms with Gasteiger partial charge in [0.2, 0.25) is 0 Å². The number of carbonyl (C=O) groups excluding carboxylic acids is 1. The van der Waals surface area contributed by atoms with Crippen molar-refractivity contribution in [1.82, 2.24) is 15.0 Å². The molecule has 8 nitrogen and oxygen atoms in total. The quantitative estimate of drug-likeness (QED) is 0.368. The maximum absolute atomic E-state index is 12.0. The van der Waals surface area contributed by atoms with Gasteiger partial charge in [0.25, 0.3) is 5.69 Å². The number of nitrogens with zero attached hydrogens (tertiary/aromatic N) is 4. The first kappa shape index (κ1) is 16.8. The second-order valence-electron chi connectivity index (χ2n) is 5.01. The Labute approximate surface area is 150 Å². The first-order valence-electron chi connectivity index (χ1n) is 7.12. The number of carbonyl (C=O) groups is 1. The van der Waals surface area contributed by atoms with Crippen molar-refractivity contribution < 1.29 is 14.5 Å². The number of esters is 1. The summed E-state index contributed by atoms with van der Waals surface area (Å²) in [6, 6.07) is 12.7. The predicted molar refractivity (Wildman–Crippen MR) is 91.3 cm³/mol. The first-order chi connectivity index (χ1) is 12.0. The highest BCUT2D eigenvalue weighted by Crippen LogP contribution is 2.15. The molecule has 25 heavy (non-hydrogen) atoms. The Hall–Kier alpha value is -3.07. The number of ether oxygens (including phenoxy) is 1. The molecular weight excluding hydrogens is 392 g/mol. The van der Waals surface area contributed by atoms with Crippen LogP contribution < -0.4 is 0 Å². The average molecular weight is 403 g/mol. The molecule has 0 radical (unpaired) electrons. The number of non-ortho nitro benzene ring substituents is 1. The lowest BCUT2D eigenvalue weighted by molar-refractivity contribution is -0.384. The van der Waals surface area contributed by atoms with E-state index in [1.807, 2.05) is 0 Å². The number of rotatable bonds is 5. The summed E-state index contributed by atoms with van der Waals surface area (Å²) in [6.45, 7) is -0.0259. The maximum Gasteiger partial charge on any atom is 0.338 e. The highest BCUT2D eigenvalue weighted by Gasteiger charge is 2.10. The topological polar surface area (TPSA) is 100 Å². The summed E-state index contributed by atoms with van der Waals surface area (Å²) in [5, 5.41) is 18.5. The number of halogens is 1. The fourth-order valence-corrected chi connectivity index (χ4v) is 2.29. The number of nitro benzene ring substituents is 1. The largest absolute Gasteiger partial charge is 0.455 e. The number of aromatic nitrogens is 3. The van der Waals surface area contributed by atoms with E-state index in [1.165, 1.54) is 16.8 Å². The van der Waals surface area contributed by atoms with E-state index in [2.05, 4.69) is 26.2 Å². The molecule has 126 valence electrons. The highest BCUT2D eigenvalue weighted by atomic mass is 79.9. The zero-order chi connectivity index (χ0) is 17.8. The Morgan fingerprint density at radius 1 is 1.16 bits per heavy atom. The summed E-state index contributed by atoms with van der Waals surface area (Å²) in [6.07, 6.45) is 1.59. The van der Waals surface area contributed by atoms with Crippen molar-refractivity contribution in [2.24, 2.45) is 0 Å². The van der Waals surface area contributed by atoms with Gasteiger partial charge in [0.05, 0.1) is 22.4 Å². The summed E-state index contributed by atoms with van der Waals surface area (Å²) in [5.41, 5.74) is 1.51. The number of benzene rings is 2. The van der Waals surface area contributed by atoms with Gasteiger partial charge in [-0.2, -0.15) is 0 Å². The maximum atomic E-state index is 12.0. The van der Waals surface area contributed by atoms with Crippen LogP contribution in [-0.2, 0) is 11.3 Å². The van der Waals surface area contributed by atoms with E-state index in [9.17, 15) is 14.9 Å². The van der Waals surface area contributed by atoms with Crippen molar-refractivity contribution in [2.75, 3.05) is 0 Å². The third-order valence-electron chi connectivity index (χ3n) is 3.30. The molecule has 0 aliphatic carbocycles. The SMILES string of the molecule is O=C(OCc1cn(-c2ccc([N+](=O)[O-])cc2)nn1)c1ccc(Br)cc1. The lowest BCUT2D eigenvalue weighted by Crippen LogP contribution is -2.05. The van der Waals surface area contributed by atoms with Crippen molar-refractivity contribution >= 4 is 27.6 Å². The van der Waals surface area contributed by atoms with Gasteiger partial charge in [0.1, 0.15) is 12.3 Å². The van der Waals surface area contributed by atoms with Crippen LogP contribution in [0.3, 0.4) is 0 Å². The third kappa shape index (κ3) is 4.07. The van der Waals surface area contributed by atoms with Crippen molar-refractivity contribution in [1.29, 1.82) is 0 Å². The third-order valence-corrected chi connectivity index (χ3v) is 3.83.